The Morgan fingerprint density at radius 3 is 2.47 bits per heavy atom. The molecule has 0 radical (unpaired) electrons. The quantitative estimate of drug-likeness (QED) is 0.747. The fraction of sp³-hybridized carbons (Fsp3) is 0.455. The van der Waals surface area contributed by atoms with Crippen molar-refractivity contribution in [1.29, 1.82) is 0 Å². The van der Waals surface area contributed by atoms with Crippen LogP contribution >= 0.6 is 0 Å². The van der Waals surface area contributed by atoms with E-state index in [4.69, 9.17) is 20.3 Å². The van der Waals surface area contributed by atoms with Crippen LogP contribution in [0.1, 0.15) is 13.8 Å². The number of benzene rings is 1. The molecule has 3 N–H and O–H groups in total. The van der Waals surface area contributed by atoms with E-state index < -0.39 is 0 Å². The zero-order valence-corrected chi connectivity index (χ0v) is 9.49. The molecule has 0 unspecified atom stereocenters. The number of aliphatic hydroxyl groups is 1. The van der Waals surface area contributed by atoms with E-state index in [0.717, 1.165) is 0 Å². The number of ether oxygens (including phenoxy) is 2. The lowest BCUT2D eigenvalue weighted by atomic mass is 10.3. The van der Waals surface area contributed by atoms with Gasteiger partial charge >= 0.3 is 0 Å². The number of hydrogen-bond acceptors (Lipinski definition) is 4. The first kappa shape index (κ1) is 13.6. The van der Waals surface area contributed by atoms with Crippen LogP contribution in [0.4, 0.5) is 5.69 Å². The Hall–Kier alpha value is -1.42. The highest BCUT2D eigenvalue weighted by Crippen LogP contribution is 2.28. The summed E-state index contributed by atoms with van der Waals surface area (Å²) >= 11 is 0. The van der Waals surface area contributed by atoms with Gasteiger partial charge in [0.2, 0.25) is 0 Å². The van der Waals surface area contributed by atoms with Crippen LogP contribution in [-0.4, -0.2) is 25.4 Å². The summed E-state index contributed by atoms with van der Waals surface area (Å²) in [6, 6.07) is 5.10. The molecule has 0 aromatic heterocycles. The molecule has 0 aliphatic carbocycles. The SMILES string of the molecule is CC.COc1cc(N)ccc1OCCO. The Bertz CT molecular complexity index is 277. The molecule has 0 heterocycles. The highest BCUT2D eigenvalue weighted by Gasteiger charge is 2.03. The van der Waals surface area contributed by atoms with Gasteiger partial charge in [0, 0.05) is 11.8 Å². The van der Waals surface area contributed by atoms with E-state index in [1.165, 1.54) is 0 Å². The van der Waals surface area contributed by atoms with Crippen LogP contribution in [0.3, 0.4) is 0 Å². The number of nitrogen functional groups attached to an aromatic ring is 1. The monoisotopic (exact) mass is 213 g/mol. The number of anilines is 1. The molecule has 0 aliphatic rings. The van der Waals surface area contributed by atoms with Crippen molar-refractivity contribution in [3.63, 3.8) is 0 Å². The Morgan fingerprint density at radius 1 is 1.27 bits per heavy atom. The molecule has 4 heteroatoms. The van der Waals surface area contributed by atoms with Gasteiger partial charge < -0.3 is 20.3 Å². The number of hydrogen-bond donors (Lipinski definition) is 2. The van der Waals surface area contributed by atoms with Crippen molar-refractivity contribution >= 4 is 5.69 Å². The Labute approximate surface area is 90.6 Å². The van der Waals surface area contributed by atoms with Gasteiger partial charge in [0.05, 0.1) is 13.7 Å². The van der Waals surface area contributed by atoms with Gasteiger partial charge in [0.15, 0.2) is 11.5 Å². The molecule has 0 aliphatic heterocycles. The van der Waals surface area contributed by atoms with Gasteiger partial charge in [-0.25, -0.2) is 0 Å². The van der Waals surface area contributed by atoms with Crippen molar-refractivity contribution in [2.24, 2.45) is 0 Å². The minimum absolute atomic E-state index is 0.0203. The molecule has 15 heavy (non-hydrogen) atoms. The third kappa shape index (κ3) is 4.56. The normalized spacial score (nSPS) is 8.80. The molecule has 0 bridgehead atoms. The molecule has 0 saturated heterocycles. The smallest absolute Gasteiger partial charge is 0.162 e. The highest BCUT2D eigenvalue weighted by molar-refractivity contribution is 5.51. The van der Waals surface area contributed by atoms with Gasteiger partial charge in [-0.15, -0.1) is 0 Å². The molecule has 1 rings (SSSR count). The van der Waals surface area contributed by atoms with Crippen LogP contribution in [0.25, 0.3) is 0 Å². The second kappa shape index (κ2) is 7.94. The molecule has 1 aromatic rings. The van der Waals surface area contributed by atoms with Gasteiger partial charge in [0.25, 0.3) is 0 Å². The Kier molecular flexibility index (Phi) is 7.18. The van der Waals surface area contributed by atoms with E-state index in [1.54, 1.807) is 25.3 Å². The molecule has 0 atom stereocenters. The van der Waals surface area contributed by atoms with Crippen LogP contribution in [0.2, 0.25) is 0 Å². The fourth-order valence-electron chi connectivity index (χ4n) is 0.959. The van der Waals surface area contributed by atoms with E-state index >= 15 is 0 Å². The maximum atomic E-state index is 8.56. The van der Waals surface area contributed by atoms with Crippen molar-refractivity contribution in [3.05, 3.63) is 18.2 Å². The summed E-state index contributed by atoms with van der Waals surface area (Å²) in [4.78, 5) is 0. The molecular formula is C11H19NO3. The summed E-state index contributed by atoms with van der Waals surface area (Å²) < 4.78 is 10.2. The van der Waals surface area contributed by atoms with Gasteiger partial charge in [0.1, 0.15) is 6.61 Å². The lowest BCUT2D eigenvalue weighted by Crippen LogP contribution is -2.03. The average molecular weight is 213 g/mol. The molecule has 0 fully saturated rings. The topological polar surface area (TPSA) is 64.7 Å². The van der Waals surface area contributed by atoms with E-state index in [-0.39, 0.29) is 13.2 Å². The standard InChI is InChI=1S/C9H13NO3.C2H6/c1-12-9-6-7(10)2-3-8(9)13-5-4-11;1-2/h2-3,6,11H,4-5,10H2,1H3;1-2H3. The zero-order chi connectivity index (χ0) is 11.7. The first-order valence-electron chi connectivity index (χ1n) is 4.95. The van der Waals surface area contributed by atoms with Gasteiger partial charge in [-0.05, 0) is 12.1 Å². The Morgan fingerprint density at radius 2 is 1.93 bits per heavy atom. The fourth-order valence-corrected chi connectivity index (χ4v) is 0.959. The molecular weight excluding hydrogens is 194 g/mol. The minimum atomic E-state index is -0.0203. The van der Waals surface area contributed by atoms with Crippen LogP contribution in [0.15, 0.2) is 18.2 Å². The predicted octanol–water partition coefficient (Wildman–Crippen LogP) is 1.67. The highest BCUT2D eigenvalue weighted by atomic mass is 16.5. The van der Waals surface area contributed by atoms with Crippen molar-refractivity contribution in [1.82, 2.24) is 0 Å². The second-order valence-electron chi connectivity index (χ2n) is 2.48. The second-order valence-corrected chi connectivity index (χ2v) is 2.48. The number of nitrogens with two attached hydrogens (primary N) is 1. The summed E-state index contributed by atoms with van der Waals surface area (Å²) in [5.74, 6) is 1.17. The third-order valence-electron chi connectivity index (χ3n) is 1.54. The minimum Gasteiger partial charge on any atom is -0.493 e. The van der Waals surface area contributed by atoms with Gasteiger partial charge in [-0.3, -0.25) is 0 Å². The number of aliphatic hydroxyl groups excluding tert-OH is 1. The van der Waals surface area contributed by atoms with Crippen LogP contribution < -0.4 is 15.2 Å². The lowest BCUT2D eigenvalue weighted by Gasteiger charge is -2.09. The first-order chi connectivity index (χ1) is 7.27. The van der Waals surface area contributed by atoms with Crippen molar-refractivity contribution in [2.75, 3.05) is 26.1 Å². The molecule has 1 aromatic carbocycles. The lowest BCUT2D eigenvalue weighted by molar-refractivity contribution is 0.196. The van der Waals surface area contributed by atoms with E-state index in [9.17, 15) is 0 Å². The van der Waals surface area contributed by atoms with E-state index in [0.29, 0.717) is 17.2 Å². The maximum Gasteiger partial charge on any atom is 0.162 e. The van der Waals surface area contributed by atoms with E-state index in [1.807, 2.05) is 13.8 Å². The summed E-state index contributed by atoms with van der Waals surface area (Å²) in [5, 5.41) is 8.56. The molecule has 0 saturated carbocycles. The van der Waals surface area contributed by atoms with Crippen molar-refractivity contribution in [2.45, 2.75) is 13.8 Å². The van der Waals surface area contributed by atoms with Crippen LogP contribution in [0, 0.1) is 0 Å². The van der Waals surface area contributed by atoms with Gasteiger partial charge in [-0.1, -0.05) is 13.8 Å². The molecule has 86 valence electrons. The molecule has 0 spiro atoms. The van der Waals surface area contributed by atoms with Crippen LogP contribution in [0.5, 0.6) is 11.5 Å². The summed E-state index contributed by atoms with van der Waals surface area (Å²) in [5.41, 5.74) is 6.17. The summed E-state index contributed by atoms with van der Waals surface area (Å²) in [6.45, 7) is 4.23. The average Bonchev–Trinajstić information content (AvgIpc) is 2.30. The van der Waals surface area contributed by atoms with E-state index in [2.05, 4.69) is 0 Å². The van der Waals surface area contributed by atoms with Gasteiger partial charge in [-0.2, -0.15) is 0 Å². The van der Waals surface area contributed by atoms with Crippen molar-refractivity contribution < 1.29 is 14.6 Å². The number of methoxy groups -OCH3 is 1. The largest absolute Gasteiger partial charge is 0.493 e. The number of rotatable bonds is 4. The zero-order valence-electron chi connectivity index (χ0n) is 9.49. The third-order valence-corrected chi connectivity index (χ3v) is 1.54. The maximum absolute atomic E-state index is 8.56. The Balaban J connectivity index is 0.000000921. The summed E-state index contributed by atoms with van der Waals surface area (Å²) in [6.07, 6.45) is 0. The van der Waals surface area contributed by atoms with Crippen LogP contribution in [-0.2, 0) is 0 Å². The molecule has 0 amide bonds. The van der Waals surface area contributed by atoms with Crippen molar-refractivity contribution in [3.8, 4) is 11.5 Å². The summed E-state index contributed by atoms with van der Waals surface area (Å²) in [7, 11) is 1.54. The predicted molar refractivity (Wildman–Crippen MR) is 61.3 cm³/mol. The molecule has 4 nitrogen and oxygen atoms in total. The first-order valence-corrected chi connectivity index (χ1v) is 4.95.